The molecule has 2 aromatic rings. The van der Waals surface area contributed by atoms with Crippen molar-refractivity contribution in [1.82, 2.24) is 4.31 Å². The van der Waals surface area contributed by atoms with Crippen molar-refractivity contribution >= 4 is 21.5 Å². The zero-order chi connectivity index (χ0) is 20.1. The highest BCUT2D eigenvalue weighted by molar-refractivity contribution is 7.89. The summed E-state index contributed by atoms with van der Waals surface area (Å²) in [5.41, 5.74) is 1.19. The van der Waals surface area contributed by atoms with E-state index in [0.29, 0.717) is 18.0 Å². The summed E-state index contributed by atoms with van der Waals surface area (Å²) in [6, 6.07) is 11.7. The SMILES string of the molecule is CCN(CC)S(=O)(=O)c1ccc(N2CCN(c3ccc(OC)cc3)CC2)[nH+]c1. The maximum atomic E-state index is 12.6. The standard InChI is InChI=1S/C20H28N4O3S/c1-4-24(5-2)28(25,26)19-10-11-20(21-16-19)23-14-12-22(13-15-23)17-6-8-18(27-3)9-7-17/h6-11,16H,4-5,12-15H2,1-3H3/p+1. The molecule has 1 fully saturated rings. The number of rotatable bonds is 7. The third kappa shape index (κ3) is 4.23. The van der Waals surface area contributed by atoms with Gasteiger partial charge >= 0.3 is 0 Å². The monoisotopic (exact) mass is 405 g/mol. The first-order valence-corrected chi connectivity index (χ1v) is 11.1. The van der Waals surface area contributed by atoms with E-state index in [1.807, 2.05) is 32.0 Å². The zero-order valence-corrected chi connectivity index (χ0v) is 17.6. The highest BCUT2D eigenvalue weighted by Crippen LogP contribution is 2.22. The minimum Gasteiger partial charge on any atom is -0.497 e. The normalized spacial score (nSPS) is 15.1. The minimum atomic E-state index is -3.43. The number of anilines is 2. The van der Waals surface area contributed by atoms with Crippen molar-refractivity contribution in [1.29, 1.82) is 0 Å². The van der Waals surface area contributed by atoms with E-state index in [2.05, 4.69) is 26.9 Å². The molecule has 0 bridgehead atoms. The Balaban J connectivity index is 1.64. The van der Waals surface area contributed by atoms with Crippen LogP contribution in [0, 0.1) is 0 Å². The van der Waals surface area contributed by atoms with E-state index in [-0.39, 0.29) is 0 Å². The van der Waals surface area contributed by atoms with Gasteiger partial charge in [0.05, 0.1) is 20.2 Å². The average molecular weight is 406 g/mol. The molecule has 0 atom stereocenters. The molecule has 28 heavy (non-hydrogen) atoms. The maximum absolute atomic E-state index is 12.6. The lowest BCUT2D eigenvalue weighted by atomic mass is 10.2. The number of hydrogen-bond acceptors (Lipinski definition) is 5. The van der Waals surface area contributed by atoms with Gasteiger partial charge in [0.15, 0.2) is 0 Å². The van der Waals surface area contributed by atoms with E-state index in [9.17, 15) is 8.42 Å². The van der Waals surface area contributed by atoms with Crippen LogP contribution in [0.25, 0.3) is 0 Å². The van der Waals surface area contributed by atoms with Crippen LogP contribution in [-0.4, -0.2) is 59.1 Å². The van der Waals surface area contributed by atoms with E-state index in [1.54, 1.807) is 19.4 Å². The van der Waals surface area contributed by atoms with E-state index in [0.717, 1.165) is 37.7 Å². The lowest BCUT2D eigenvalue weighted by Gasteiger charge is -2.32. The lowest BCUT2D eigenvalue weighted by molar-refractivity contribution is -0.367. The lowest BCUT2D eigenvalue weighted by Crippen LogP contribution is -2.48. The van der Waals surface area contributed by atoms with Crippen LogP contribution in [0.1, 0.15) is 13.8 Å². The molecule has 8 heteroatoms. The Morgan fingerprint density at radius 2 is 1.57 bits per heavy atom. The van der Waals surface area contributed by atoms with Gasteiger partial charge in [0, 0.05) is 24.8 Å². The summed E-state index contributed by atoms with van der Waals surface area (Å²) in [5, 5.41) is 0. The summed E-state index contributed by atoms with van der Waals surface area (Å²) in [4.78, 5) is 8.06. The molecule has 1 N–H and O–H groups in total. The fourth-order valence-corrected chi connectivity index (χ4v) is 4.90. The molecule has 0 amide bonds. The van der Waals surface area contributed by atoms with E-state index < -0.39 is 10.0 Å². The molecule has 1 saturated heterocycles. The minimum absolute atomic E-state index is 0.303. The van der Waals surface area contributed by atoms with Crippen molar-refractivity contribution in [3.63, 3.8) is 0 Å². The summed E-state index contributed by atoms with van der Waals surface area (Å²) in [5.74, 6) is 1.80. The van der Waals surface area contributed by atoms with Gasteiger partial charge in [0.1, 0.15) is 29.9 Å². The molecule has 152 valence electrons. The second kappa shape index (κ2) is 8.79. The van der Waals surface area contributed by atoms with Crippen molar-refractivity contribution < 1.29 is 18.1 Å². The molecule has 1 aliphatic heterocycles. The average Bonchev–Trinajstić information content (AvgIpc) is 2.75. The van der Waals surface area contributed by atoms with Crippen molar-refractivity contribution in [2.24, 2.45) is 0 Å². The Hall–Kier alpha value is -2.32. The number of sulfonamides is 1. The summed E-state index contributed by atoms with van der Waals surface area (Å²) >= 11 is 0. The molecule has 7 nitrogen and oxygen atoms in total. The van der Waals surface area contributed by atoms with E-state index in [1.165, 1.54) is 9.99 Å². The Labute approximate surface area is 167 Å². The van der Waals surface area contributed by atoms with Crippen LogP contribution in [-0.2, 0) is 10.0 Å². The fraction of sp³-hybridized carbons (Fsp3) is 0.450. The highest BCUT2D eigenvalue weighted by atomic mass is 32.2. The third-order valence-corrected chi connectivity index (χ3v) is 7.21. The smallest absolute Gasteiger partial charge is 0.274 e. The molecule has 0 saturated carbocycles. The van der Waals surface area contributed by atoms with Crippen LogP contribution in [0.2, 0.25) is 0 Å². The number of benzene rings is 1. The second-order valence-electron chi connectivity index (χ2n) is 6.67. The number of aromatic nitrogens is 1. The fourth-order valence-electron chi connectivity index (χ4n) is 3.47. The number of ether oxygens (including phenoxy) is 1. The first-order valence-electron chi connectivity index (χ1n) is 9.65. The van der Waals surface area contributed by atoms with Gasteiger partial charge in [0.2, 0.25) is 10.0 Å². The molecule has 0 spiro atoms. The van der Waals surface area contributed by atoms with Gasteiger partial charge in [-0.1, -0.05) is 13.8 Å². The van der Waals surface area contributed by atoms with Gasteiger partial charge in [-0.25, -0.2) is 13.4 Å². The number of nitrogens with zero attached hydrogens (tertiary/aromatic N) is 3. The molecule has 0 radical (unpaired) electrons. The predicted octanol–water partition coefficient (Wildman–Crippen LogP) is 1.87. The topological polar surface area (TPSA) is 67.2 Å². The van der Waals surface area contributed by atoms with Crippen LogP contribution in [0.4, 0.5) is 11.5 Å². The number of pyridine rings is 1. The van der Waals surface area contributed by atoms with Gasteiger partial charge < -0.3 is 9.64 Å². The van der Waals surface area contributed by atoms with E-state index in [4.69, 9.17) is 4.74 Å². The molecule has 1 aliphatic rings. The first kappa shape index (κ1) is 20.4. The van der Waals surface area contributed by atoms with Gasteiger partial charge in [-0.15, -0.1) is 0 Å². The Morgan fingerprint density at radius 3 is 2.07 bits per heavy atom. The summed E-state index contributed by atoms with van der Waals surface area (Å²) in [6.07, 6.45) is 1.60. The number of methoxy groups -OCH3 is 1. The predicted molar refractivity (Wildman–Crippen MR) is 111 cm³/mol. The van der Waals surface area contributed by atoms with Crippen molar-refractivity contribution in [2.45, 2.75) is 18.7 Å². The molecule has 3 rings (SSSR count). The second-order valence-corrected chi connectivity index (χ2v) is 8.61. The third-order valence-electron chi connectivity index (χ3n) is 5.17. The number of piperazine rings is 1. The number of aromatic amines is 1. The number of nitrogens with one attached hydrogen (secondary N) is 1. The van der Waals surface area contributed by atoms with Gasteiger partial charge in [0.25, 0.3) is 5.82 Å². The molecular formula is C20H29N4O3S+. The van der Waals surface area contributed by atoms with Crippen molar-refractivity contribution in [2.75, 3.05) is 56.2 Å². The van der Waals surface area contributed by atoms with Gasteiger partial charge in [-0.05, 0) is 30.3 Å². The Bertz CT molecular complexity index is 857. The summed E-state index contributed by atoms with van der Waals surface area (Å²) in [7, 11) is -1.76. The molecule has 2 heterocycles. The number of hydrogen-bond donors (Lipinski definition) is 0. The first-order chi connectivity index (χ1) is 13.5. The molecule has 0 aliphatic carbocycles. The highest BCUT2D eigenvalue weighted by Gasteiger charge is 2.26. The maximum Gasteiger partial charge on any atom is 0.274 e. The van der Waals surface area contributed by atoms with Crippen LogP contribution < -0.4 is 19.5 Å². The molecule has 0 unspecified atom stereocenters. The Morgan fingerprint density at radius 1 is 0.964 bits per heavy atom. The molecule has 1 aromatic carbocycles. The van der Waals surface area contributed by atoms with Crippen LogP contribution in [0.3, 0.4) is 0 Å². The Kier molecular flexibility index (Phi) is 6.41. The van der Waals surface area contributed by atoms with Crippen molar-refractivity contribution in [3.05, 3.63) is 42.6 Å². The summed E-state index contributed by atoms with van der Waals surface area (Å²) in [6.45, 7) is 8.17. The quantitative estimate of drug-likeness (QED) is 0.704. The van der Waals surface area contributed by atoms with Crippen molar-refractivity contribution in [3.8, 4) is 5.75 Å². The van der Waals surface area contributed by atoms with Crippen LogP contribution in [0.5, 0.6) is 5.75 Å². The van der Waals surface area contributed by atoms with E-state index >= 15 is 0 Å². The van der Waals surface area contributed by atoms with Gasteiger partial charge in [-0.2, -0.15) is 4.31 Å². The summed E-state index contributed by atoms with van der Waals surface area (Å²) < 4.78 is 31.9. The van der Waals surface area contributed by atoms with Crippen LogP contribution in [0.15, 0.2) is 47.5 Å². The van der Waals surface area contributed by atoms with Crippen LogP contribution >= 0.6 is 0 Å². The zero-order valence-electron chi connectivity index (χ0n) is 16.8. The number of H-pyrrole nitrogens is 1. The largest absolute Gasteiger partial charge is 0.497 e. The van der Waals surface area contributed by atoms with Gasteiger partial charge in [-0.3, -0.25) is 4.90 Å². The molecule has 1 aromatic heterocycles. The molecular weight excluding hydrogens is 376 g/mol.